The van der Waals surface area contributed by atoms with Gasteiger partial charge in [-0.1, -0.05) is 60.7 Å². The van der Waals surface area contributed by atoms with E-state index < -0.39 is 0 Å². The number of nitrogens with zero attached hydrogens (tertiary/aromatic N) is 2. The number of rotatable bonds is 1. The summed E-state index contributed by atoms with van der Waals surface area (Å²) in [6.45, 7) is 0. The number of hydrogen-bond donors (Lipinski definition) is 0. The normalized spacial score (nSPS) is 14.4. The van der Waals surface area contributed by atoms with Crippen LogP contribution in [0, 0.1) is 0 Å². The highest BCUT2D eigenvalue weighted by Gasteiger charge is 2.21. The van der Waals surface area contributed by atoms with Crippen LogP contribution in [0.15, 0.2) is 91.0 Å². The Hall–Kier alpha value is -3.82. The summed E-state index contributed by atoms with van der Waals surface area (Å²) in [7, 11) is 2.22. The molecule has 0 radical (unpaired) electrons. The molecule has 0 N–H and O–H groups in total. The number of allylic oxidation sites excluding steroid dienone is 4. The van der Waals surface area contributed by atoms with Gasteiger partial charge in [-0.25, -0.2) is 0 Å². The van der Waals surface area contributed by atoms with Gasteiger partial charge in [-0.15, -0.1) is 11.3 Å². The van der Waals surface area contributed by atoms with Gasteiger partial charge in [0.15, 0.2) is 0 Å². The summed E-state index contributed by atoms with van der Waals surface area (Å²) in [5, 5.41) is 8.12. The van der Waals surface area contributed by atoms with E-state index in [1.165, 1.54) is 69.5 Å². The molecule has 1 aliphatic rings. The third kappa shape index (κ3) is 2.25. The Labute approximate surface area is 200 Å². The van der Waals surface area contributed by atoms with Gasteiger partial charge in [0.2, 0.25) is 0 Å². The molecule has 0 saturated carbocycles. The van der Waals surface area contributed by atoms with Crippen LogP contribution in [0.2, 0.25) is 0 Å². The summed E-state index contributed by atoms with van der Waals surface area (Å²) in [5.41, 5.74) is 6.66. The molecular formula is C31H22N2S. The zero-order valence-electron chi connectivity index (χ0n) is 18.9. The van der Waals surface area contributed by atoms with Crippen LogP contribution in [0.1, 0.15) is 12.8 Å². The third-order valence-electron chi connectivity index (χ3n) is 7.58. The second-order valence-corrected chi connectivity index (χ2v) is 10.4. The fourth-order valence-corrected chi connectivity index (χ4v) is 7.25. The van der Waals surface area contributed by atoms with Crippen LogP contribution in [0.3, 0.4) is 0 Å². The summed E-state index contributed by atoms with van der Waals surface area (Å²) in [6.07, 6.45) is 8.94. The lowest BCUT2D eigenvalue weighted by molar-refractivity contribution is 0.981. The van der Waals surface area contributed by atoms with Crippen LogP contribution in [-0.4, -0.2) is 9.13 Å². The Morgan fingerprint density at radius 1 is 0.676 bits per heavy atom. The number of para-hydroxylation sites is 2. The molecule has 4 aromatic carbocycles. The second kappa shape index (κ2) is 6.62. The van der Waals surface area contributed by atoms with Crippen molar-refractivity contribution in [2.75, 3.05) is 0 Å². The van der Waals surface area contributed by atoms with Crippen LogP contribution in [-0.2, 0) is 7.05 Å². The van der Waals surface area contributed by atoms with Gasteiger partial charge in [-0.05, 0) is 43.2 Å². The van der Waals surface area contributed by atoms with Crippen molar-refractivity contribution < 1.29 is 0 Å². The Morgan fingerprint density at radius 3 is 2.06 bits per heavy atom. The molecule has 7 aromatic rings. The van der Waals surface area contributed by atoms with Crippen molar-refractivity contribution in [2.45, 2.75) is 12.8 Å². The molecule has 8 rings (SSSR count). The Balaban J connectivity index is 1.69. The number of benzene rings is 4. The van der Waals surface area contributed by atoms with E-state index in [1.807, 2.05) is 11.3 Å². The Morgan fingerprint density at radius 2 is 1.32 bits per heavy atom. The monoisotopic (exact) mass is 454 g/mol. The molecule has 0 fully saturated rings. The van der Waals surface area contributed by atoms with E-state index >= 15 is 0 Å². The lowest BCUT2D eigenvalue weighted by Crippen LogP contribution is -1.99. The molecule has 0 unspecified atom stereocenters. The quantitative estimate of drug-likeness (QED) is 0.234. The van der Waals surface area contributed by atoms with Crippen molar-refractivity contribution in [3.05, 3.63) is 91.0 Å². The van der Waals surface area contributed by atoms with Crippen LogP contribution in [0.25, 0.3) is 69.5 Å². The summed E-state index contributed by atoms with van der Waals surface area (Å²) < 4.78 is 7.66. The maximum Gasteiger partial charge on any atom is 0.0631 e. The van der Waals surface area contributed by atoms with E-state index in [9.17, 15) is 0 Å². The molecule has 162 valence electrons. The number of hydrogen-bond acceptors (Lipinski definition) is 1. The number of aromatic nitrogens is 2. The van der Waals surface area contributed by atoms with E-state index in [0.29, 0.717) is 0 Å². The van der Waals surface area contributed by atoms with Crippen molar-refractivity contribution in [1.29, 1.82) is 0 Å². The molecule has 1 aliphatic carbocycles. The third-order valence-corrected chi connectivity index (χ3v) is 8.70. The average molecular weight is 455 g/mol. The van der Waals surface area contributed by atoms with Gasteiger partial charge in [0.25, 0.3) is 0 Å². The molecule has 0 aliphatic heterocycles. The maximum absolute atomic E-state index is 2.55. The maximum atomic E-state index is 2.55. The van der Waals surface area contributed by atoms with Crippen molar-refractivity contribution in [3.8, 4) is 0 Å². The number of aryl methyl sites for hydroxylation is 1. The predicted molar refractivity (Wildman–Crippen MR) is 149 cm³/mol. The van der Waals surface area contributed by atoms with Crippen molar-refractivity contribution in [1.82, 2.24) is 9.13 Å². The standard InChI is InChI=1S/C31H22N2S/c1-32-24-13-7-5-11-20(24)22-15-17-26-28(30(22)32)29-27(34-26)18-16-23-21-12-6-8-14-25(21)33(31(23)29)19-9-3-2-4-10-19/h2-3,5-9,11-18H,4,10H2,1H3. The second-order valence-electron chi connectivity index (χ2n) is 9.33. The van der Waals surface area contributed by atoms with Gasteiger partial charge in [0.1, 0.15) is 0 Å². The van der Waals surface area contributed by atoms with E-state index in [2.05, 4.69) is 107 Å². The first-order valence-electron chi connectivity index (χ1n) is 11.9. The van der Waals surface area contributed by atoms with Crippen LogP contribution < -0.4 is 0 Å². The SMILES string of the molecule is Cn1c2ccccc2c2ccc3sc4ccc5c6ccccc6n(C6=CC=CCC6)c5c4c3c21. The molecule has 34 heavy (non-hydrogen) atoms. The molecule has 0 amide bonds. The molecular weight excluding hydrogens is 432 g/mol. The van der Waals surface area contributed by atoms with Gasteiger partial charge in [-0.2, -0.15) is 0 Å². The first-order chi connectivity index (χ1) is 16.8. The van der Waals surface area contributed by atoms with Crippen molar-refractivity contribution in [3.63, 3.8) is 0 Å². The number of thiophene rings is 1. The zero-order valence-corrected chi connectivity index (χ0v) is 19.7. The molecule has 3 heteroatoms. The minimum absolute atomic E-state index is 1.06. The molecule has 3 aromatic heterocycles. The highest BCUT2D eigenvalue weighted by Crippen LogP contribution is 2.46. The van der Waals surface area contributed by atoms with Crippen LogP contribution in [0.5, 0.6) is 0 Å². The van der Waals surface area contributed by atoms with E-state index in [-0.39, 0.29) is 0 Å². The molecule has 2 nitrogen and oxygen atoms in total. The molecule has 0 atom stereocenters. The first kappa shape index (κ1) is 18.6. The summed E-state index contributed by atoms with van der Waals surface area (Å²) >= 11 is 1.92. The predicted octanol–water partition coefficient (Wildman–Crippen LogP) is 9.00. The fraction of sp³-hybridized carbons (Fsp3) is 0.0968. The minimum Gasteiger partial charge on any atom is -0.343 e. The molecule has 0 spiro atoms. The molecule has 3 heterocycles. The number of fused-ring (bicyclic) bond motifs is 11. The molecule has 0 bridgehead atoms. The van der Waals surface area contributed by atoms with Gasteiger partial charge in [0, 0.05) is 60.0 Å². The average Bonchev–Trinajstić information content (AvgIpc) is 3.52. The minimum atomic E-state index is 1.06. The largest absolute Gasteiger partial charge is 0.343 e. The van der Waals surface area contributed by atoms with Crippen molar-refractivity contribution in [2.24, 2.45) is 7.05 Å². The van der Waals surface area contributed by atoms with Gasteiger partial charge >= 0.3 is 0 Å². The highest BCUT2D eigenvalue weighted by atomic mass is 32.1. The fourth-order valence-electron chi connectivity index (χ4n) is 6.14. The highest BCUT2D eigenvalue weighted by molar-refractivity contribution is 7.26. The summed E-state index contributed by atoms with van der Waals surface area (Å²) in [6, 6.07) is 27.0. The first-order valence-corrected chi connectivity index (χ1v) is 12.7. The lowest BCUT2D eigenvalue weighted by atomic mass is 10.0. The summed E-state index contributed by atoms with van der Waals surface area (Å²) in [4.78, 5) is 0. The van der Waals surface area contributed by atoms with E-state index in [1.54, 1.807) is 0 Å². The van der Waals surface area contributed by atoms with Crippen molar-refractivity contribution >= 4 is 80.8 Å². The van der Waals surface area contributed by atoms with E-state index in [0.717, 1.165) is 12.8 Å². The Kier molecular flexibility index (Phi) is 3.62. The van der Waals surface area contributed by atoms with Gasteiger partial charge in [0.05, 0.1) is 16.6 Å². The van der Waals surface area contributed by atoms with E-state index in [4.69, 9.17) is 0 Å². The smallest absolute Gasteiger partial charge is 0.0631 e. The Bertz CT molecular complexity index is 2020. The topological polar surface area (TPSA) is 9.86 Å². The molecule has 0 saturated heterocycles. The van der Waals surface area contributed by atoms with Gasteiger partial charge in [-0.3, -0.25) is 0 Å². The lowest BCUT2D eigenvalue weighted by Gasteiger charge is -2.14. The van der Waals surface area contributed by atoms with Crippen LogP contribution in [0.4, 0.5) is 0 Å². The zero-order chi connectivity index (χ0) is 22.4. The van der Waals surface area contributed by atoms with Gasteiger partial charge < -0.3 is 9.13 Å². The van der Waals surface area contributed by atoms with Crippen LogP contribution >= 0.6 is 11.3 Å². The summed E-state index contributed by atoms with van der Waals surface area (Å²) in [5.74, 6) is 0.